The first-order chi connectivity index (χ1) is 16.0. The molecule has 216 valence electrons. The van der Waals surface area contributed by atoms with Crippen LogP contribution in [0.25, 0.3) is 0 Å². The maximum Gasteiger partial charge on any atom is 1.00 e. The predicted octanol–water partition coefficient (Wildman–Crippen LogP) is 1.35. The van der Waals surface area contributed by atoms with E-state index in [0.717, 1.165) is 12.1 Å². The van der Waals surface area contributed by atoms with Gasteiger partial charge in [-0.3, -0.25) is 0 Å². The molecule has 0 saturated carbocycles. The van der Waals surface area contributed by atoms with Gasteiger partial charge in [-0.25, -0.2) is 21.6 Å². The van der Waals surface area contributed by atoms with Gasteiger partial charge in [-0.2, -0.15) is 65.9 Å². The summed E-state index contributed by atoms with van der Waals surface area (Å²) < 4.78 is 254. The molecule has 0 radical (unpaired) electrons. The van der Waals surface area contributed by atoms with Crippen LogP contribution in [0.2, 0.25) is 0 Å². The van der Waals surface area contributed by atoms with Crippen LogP contribution >= 0.6 is 0 Å². The zero-order valence-corrected chi connectivity index (χ0v) is 21.2. The number of hydrogen-bond donors (Lipinski definition) is 1. The summed E-state index contributed by atoms with van der Waals surface area (Å²) in [6.45, 7) is -1.95. The zero-order valence-electron chi connectivity index (χ0n) is 17.5. The summed E-state index contributed by atoms with van der Waals surface area (Å²) in [6.07, 6.45) is -7.82. The van der Waals surface area contributed by atoms with E-state index in [0.29, 0.717) is 16.9 Å². The molecule has 38 heavy (non-hydrogen) atoms. The third kappa shape index (κ3) is 5.60. The minimum absolute atomic E-state index is 0. The minimum atomic E-state index is -8.69. The normalized spacial score (nSPS) is 15.3. The Morgan fingerprint density at radius 1 is 0.632 bits per heavy atom. The molecule has 0 heterocycles. The molecular formula is C14H7F15NNaO5S2. The number of alkyl halides is 15. The molecule has 0 bridgehead atoms. The van der Waals surface area contributed by atoms with Gasteiger partial charge in [0, 0.05) is 6.54 Å². The summed E-state index contributed by atoms with van der Waals surface area (Å²) in [5.41, 5.74) is -1.13. The van der Waals surface area contributed by atoms with E-state index in [-0.39, 0.29) is 29.6 Å². The van der Waals surface area contributed by atoms with Crippen molar-refractivity contribution < 1.29 is 117 Å². The zero-order chi connectivity index (χ0) is 29.9. The Kier molecular flexibility index (Phi) is 10.2. The van der Waals surface area contributed by atoms with Crippen molar-refractivity contribution in [3.8, 4) is 0 Å². The minimum Gasteiger partial charge on any atom is -0.744 e. The van der Waals surface area contributed by atoms with Crippen LogP contribution < -0.4 is 34.3 Å². The average molecular weight is 641 g/mol. The fourth-order valence-corrected chi connectivity index (χ4v) is 3.98. The molecular weight excluding hydrogens is 634 g/mol. The molecule has 1 rings (SSSR count). The van der Waals surface area contributed by atoms with Crippen molar-refractivity contribution in [3.05, 3.63) is 29.8 Å². The topological polar surface area (TPSA) is 103 Å². The second-order valence-electron chi connectivity index (χ2n) is 6.77. The standard InChI is InChI=1S/C14H8F15NO5S2.Na/c15-8(16,9(17,18)11(21,22)13(25,26)27)10(19,20)12(23,24)14(28,29)37(34,35)30-5-6-3-1-2-4-7(6)36(31,32)33;/h1-4,30H,5H2,(H,31,32,33);/q;+1/p-1. The number of halogens is 15. The third-order valence-electron chi connectivity index (χ3n) is 4.33. The predicted molar refractivity (Wildman–Crippen MR) is 85.9 cm³/mol. The van der Waals surface area contributed by atoms with Crippen LogP contribution in [0.4, 0.5) is 65.9 Å². The van der Waals surface area contributed by atoms with E-state index in [1.165, 1.54) is 0 Å². The van der Waals surface area contributed by atoms with Gasteiger partial charge in [0.2, 0.25) is 0 Å². The smallest absolute Gasteiger partial charge is 0.744 e. The molecule has 0 aliphatic carbocycles. The summed E-state index contributed by atoms with van der Waals surface area (Å²) in [5, 5.41) is -7.68. The van der Waals surface area contributed by atoms with Gasteiger partial charge >= 0.3 is 70.6 Å². The first-order valence-corrected chi connectivity index (χ1v) is 11.2. The number of nitrogens with one attached hydrogen (secondary N) is 1. The molecule has 0 aliphatic rings. The molecule has 1 aromatic carbocycles. The first kappa shape index (κ1) is 37.0. The van der Waals surface area contributed by atoms with E-state index >= 15 is 0 Å². The van der Waals surface area contributed by atoms with Crippen molar-refractivity contribution in [2.45, 2.75) is 52.5 Å². The number of benzene rings is 1. The molecule has 0 aliphatic heterocycles. The molecule has 0 aromatic heterocycles. The van der Waals surface area contributed by atoms with Gasteiger partial charge in [0.15, 0.2) is 0 Å². The van der Waals surface area contributed by atoms with Crippen LogP contribution in [-0.2, 0) is 26.7 Å². The number of rotatable bonds is 10. The fourth-order valence-electron chi connectivity index (χ4n) is 2.28. The van der Waals surface area contributed by atoms with Gasteiger partial charge in [-0.1, -0.05) is 18.2 Å². The SMILES string of the molecule is O=S(=O)([O-])c1ccccc1CNS(=O)(=O)C(F)(F)C(F)(F)C(F)(F)C(F)(F)C(F)(F)C(F)(F)C(F)(F)F.[Na+]. The van der Waals surface area contributed by atoms with Gasteiger partial charge in [0.1, 0.15) is 10.1 Å². The molecule has 1 aromatic rings. The quantitative estimate of drug-likeness (QED) is 0.236. The monoisotopic (exact) mass is 641 g/mol. The molecule has 6 nitrogen and oxygen atoms in total. The van der Waals surface area contributed by atoms with Gasteiger partial charge in [0.05, 0.1) is 4.90 Å². The maximum absolute atomic E-state index is 13.9. The second kappa shape index (κ2) is 10.4. The van der Waals surface area contributed by atoms with E-state index in [9.17, 15) is 87.2 Å². The Bertz CT molecular complexity index is 1230. The van der Waals surface area contributed by atoms with E-state index in [1.54, 1.807) is 0 Å². The van der Waals surface area contributed by atoms with Crippen molar-refractivity contribution in [2.75, 3.05) is 0 Å². The average Bonchev–Trinajstić information content (AvgIpc) is 2.70. The Hall–Kier alpha value is -1.01. The van der Waals surface area contributed by atoms with Crippen molar-refractivity contribution in [2.24, 2.45) is 0 Å². The van der Waals surface area contributed by atoms with Crippen LogP contribution in [0.5, 0.6) is 0 Å². The summed E-state index contributed by atoms with van der Waals surface area (Å²) in [4.78, 5) is -1.40. The summed E-state index contributed by atoms with van der Waals surface area (Å²) >= 11 is 0. The van der Waals surface area contributed by atoms with E-state index in [2.05, 4.69) is 0 Å². The van der Waals surface area contributed by atoms with Crippen LogP contribution in [0.15, 0.2) is 29.2 Å². The number of sulfonamides is 1. The van der Waals surface area contributed by atoms with Crippen LogP contribution in [0.3, 0.4) is 0 Å². The molecule has 24 heteroatoms. The van der Waals surface area contributed by atoms with Crippen LogP contribution in [-0.4, -0.2) is 62.4 Å². The van der Waals surface area contributed by atoms with Crippen LogP contribution in [0, 0.1) is 0 Å². The number of hydrogen-bond acceptors (Lipinski definition) is 5. The Morgan fingerprint density at radius 3 is 1.39 bits per heavy atom. The van der Waals surface area contributed by atoms with Crippen LogP contribution in [0.1, 0.15) is 5.56 Å². The van der Waals surface area contributed by atoms with E-state index < -0.39 is 78.2 Å². The summed E-state index contributed by atoms with van der Waals surface area (Å²) in [7, 11) is -13.1. The Morgan fingerprint density at radius 2 is 1.00 bits per heavy atom. The largest absolute Gasteiger partial charge is 1.00 e. The molecule has 0 amide bonds. The van der Waals surface area contributed by atoms with Crippen molar-refractivity contribution >= 4 is 20.1 Å². The summed E-state index contributed by atoms with van der Waals surface area (Å²) in [6, 6.07) is 2.43. The fraction of sp³-hybridized carbons (Fsp3) is 0.571. The Labute approximate surface area is 223 Å². The molecule has 0 unspecified atom stereocenters. The molecule has 1 N–H and O–H groups in total. The van der Waals surface area contributed by atoms with Crippen molar-refractivity contribution in [1.82, 2.24) is 4.72 Å². The third-order valence-corrected chi connectivity index (χ3v) is 6.72. The van der Waals surface area contributed by atoms with Crippen molar-refractivity contribution in [1.29, 1.82) is 0 Å². The van der Waals surface area contributed by atoms with Gasteiger partial charge in [0.25, 0.3) is 10.0 Å². The molecule has 0 atom stereocenters. The molecule has 0 saturated heterocycles. The second-order valence-corrected chi connectivity index (χ2v) is 9.93. The molecule has 0 fully saturated rings. The first-order valence-electron chi connectivity index (χ1n) is 8.31. The van der Waals surface area contributed by atoms with Crippen molar-refractivity contribution in [3.63, 3.8) is 0 Å². The van der Waals surface area contributed by atoms with E-state index in [1.807, 2.05) is 0 Å². The van der Waals surface area contributed by atoms with E-state index in [4.69, 9.17) is 0 Å². The Balaban J connectivity index is 0.0000137. The van der Waals surface area contributed by atoms with Gasteiger partial charge in [-0.15, -0.1) is 0 Å². The summed E-state index contributed by atoms with van der Waals surface area (Å²) in [5.74, 6) is -42.5. The maximum atomic E-state index is 13.9. The molecule has 0 spiro atoms. The van der Waals surface area contributed by atoms with Gasteiger partial charge < -0.3 is 4.55 Å². The van der Waals surface area contributed by atoms with Gasteiger partial charge in [-0.05, 0) is 11.6 Å².